The van der Waals surface area contributed by atoms with Gasteiger partial charge in [-0.15, -0.1) is 0 Å². The number of halogens is 1. The van der Waals surface area contributed by atoms with Gasteiger partial charge in [-0.25, -0.2) is 4.99 Å². The summed E-state index contributed by atoms with van der Waals surface area (Å²) in [5.74, 6) is -0.121. The van der Waals surface area contributed by atoms with Gasteiger partial charge in [0.2, 0.25) is 0 Å². The van der Waals surface area contributed by atoms with Crippen molar-refractivity contribution >= 4 is 61.3 Å². The number of aliphatic imine (C=N–C) groups is 1. The summed E-state index contributed by atoms with van der Waals surface area (Å²) in [6, 6.07) is 21.0. The van der Waals surface area contributed by atoms with E-state index in [1.54, 1.807) is 0 Å². The average Bonchev–Trinajstić information content (AvgIpc) is 3.29. The van der Waals surface area contributed by atoms with Crippen LogP contribution in [0.1, 0.15) is 28.1 Å². The molecule has 1 amide bonds. The molecule has 0 spiro atoms. The number of fused-ring (bicyclic) bond motifs is 1. The van der Waals surface area contributed by atoms with Gasteiger partial charge >= 0.3 is 0 Å². The topological polar surface area (TPSA) is 46.4 Å². The van der Waals surface area contributed by atoms with Crippen LogP contribution >= 0.6 is 27.7 Å². The maximum Gasteiger partial charge on any atom is 0.264 e. The van der Waals surface area contributed by atoms with E-state index in [0.29, 0.717) is 10.1 Å². The zero-order valence-electron chi connectivity index (χ0n) is 19.4. The summed E-state index contributed by atoms with van der Waals surface area (Å²) in [4.78, 5) is 18.0. The molecule has 3 aromatic carbocycles. The molecule has 0 aliphatic carbocycles. The Morgan fingerprint density at radius 3 is 2.38 bits per heavy atom. The van der Waals surface area contributed by atoms with E-state index in [0.717, 1.165) is 43.9 Å². The zero-order chi connectivity index (χ0) is 24.0. The second-order valence-electron chi connectivity index (χ2n) is 8.57. The Morgan fingerprint density at radius 2 is 1.65 bits per heavy atom. The maximum atomic E-state index is 12.7. The lowest BCUT2D eigenvalue weighted by Gasteiger charge is -2.11. The Labute approximate surface area is 211 Å². The summed E-state index contributed by atoms with van der Waals surface area (Å²) >= 11 is 4.97. The fourth-order valence-corrected chi connectivity index (χ4v) is 5.44. The highest BCUT2D eigenvalue weighted by Crippen LogP contribution is 2.32. The largest absolute Gasteiger partial charge is 0.318 e. The number of hydrogen-bond donors (Lipinski definition) is 1. The number of aromatic nitrogens is 1. The van der Waals surface area contributed by atoms with Crippen molar-refractivity contribution in [2.45, 2.75) is 27.7 Å². The fourth-order valence-electron chi connectivity index (χ4n) is 4.37. The molecule has 4 nitrogen and oxygen atoms in total. The van der Waals surface area contributed by atoms with Crippen LogP contribution in [0.5, 0.6) is 0 Å². The molecule has 5 rings (SSSR count). The van der Waals surface area contributed by atoms with Crippen LogP contribution < -0.4 is 5.32 Å². The molecule has 0 radical (unpaired) electrons. The first-order chi connectivity index (χ1) is 16.3. The molecular weight excluding hydrogens is 506 g/mol. The van der Waals surface area contributed by atoms with Crippen molar-refractivity contribution in [3.63, 3.8) is 0 Å². The molecule has 2 heterocycles. The van der Waals surface area contributed by atoms with Gasteiger partial charge in [-0.1, -0.05) is 46.3 Å². The monoisotopic (exact) mass is 529 g/mol. The van der Waals surface area contributed by atoms with Crippen LogP contribution in [0, 0.1) is 27.7 Å². The van der Waals surface area contributed by atoms with E-state index in [-0.39, 0.29) is 5.91 Å². The Kier molecular flexibility index (Phi) is 5.96. The predicted octanol–water partition coefficient (Wildman–Crippen LogP) is 7.52. The Hall–Kier alpha value is -3.09. The number of nitrogens with one attached hydrogen (secondary N) is 1. The summed E-state index contributed by atoms with van der Waals surface area (Å²) in [6.07, 6.45) is 1.96. The van der Waals surface area contributed by atoms with E-state index >= 15 is 0 Å². The third kappa shape index (κ3) is 4.24. The van der Waals surface area contributed by atoms with Crippen LogP contribution in [0.3, 0.4) is 0 Å². The number of benzene rings is 3. The summed E-state index contributed by atoms with van der Waals surface area (Å²) in [5.41, 5.74) is 7.42. The van der Waals surface area contributed by atoms with Crippen molar-refractivity contribution in [2.75, 3.05) is 0 Å². The third-order valence-corrected chi connectivity index (χ3v) is 8.21. The lowest BCUT2D eigenvalue weighted by molar-refractivity contribution is -0.115. The molecule has 1 N–H and O–H groups in total. The van der Waals surface area contributed by atoms with Crippen LogP contribution in [0.4, 0.5) is 5.69 Å². The number of amidine groups is 1. The molecule has 1 aliphatic heterocycles. The molecule has 0 atom stereocenters. The molecule has 0 unspecified atom stereocenters. The number of carbonyl (C=O) groups excluding carboxylic acids is 1. The lowest BCUT2D eigenvalue weighted by Crippen LogP contribution is -2.19. The summed E-state index contributed by atoms with van der Waals surface area (Å²) in [5, 5.41) is 5.93. The quantitative estimate of drug-likeness (QED) is 0.279. The van der Waals surface area contributed by atoms with E-state index in [1.807, 2.05) is 32.1 Å². The molecule has 1 fully saturated rings. The Balaban J connectivity index is 1.46. The van der Waals surface area contributed by atoms with Gasteiger partial charge in [0, 0.05) is 21.5 Å². The number of aryl methyl sites for hydroxylation is 3. The van der Waals surface area contributed by atoms with Gasteiger partial charge in [-0.3, -0.25) is 4.79 Å². The number of hydrogen-bond acceptors (Lipinski definition) is 3. The van der Waals surface area contributed by atoms with Gasteiger partial charge in [-0.05, 0) is 103 Å². The normalized spacial score (nSPS) is 16.1. The minimum atomic E-state index is -0.121. The standard InChI is InChI=1S/C28H24BrN3OS/c1-16-11-23(12-17(2)26(16)29)30-28-31-27(33)25(34-28)15-22-13-18(3)32(19(22)4)24-10-9-20-7-5-6-8-21(20)14-24/h5-15H,1-4H3,(H,30,31,33)/b25-15-. The molecule has 1 saturated heterocycles. The van der Waals surface area contributed by atoms with Crippen molar-refractivity contribution in [3.8, 4) is 5.69 Å². The highest BCUT2D eigenvalue weighted by Gasteiger charge is 2.25. The van der Waals surface area contributed by atoms with E-state index in [2.05, 4.69) is 93.2 Å². The van der Waals surface area contributed by atoms with Crippen LogP contribution in [-0.2, 0) is 4.79 Å². The second kappa shape index (κ2) is 8.93. The van der Waals surface area contributed by atoms with Gasteiger partial charge in [0.1, 0.15) is 0 Å². The summed E-state index contributed by atoms with van der Waals surface area (Å²) in [6.45, 7) is 8.27. The predicted molar refractivity (Wildman–Crippen MR) is 147 cm³/mol. The first-order valence-corrected chi connectivity index (χ1v) is 12.7. The van der Waals surface area contributed by atoms with E-state index < -0.39 is 0 Å². The van der Waals surface area contributed by atoms with Crippen LogP contribution in [0.15, 0.2) is 75.0 Å². The SMILES string of the molecule is Cc1cc(N=C2NC(=O)/C(=C/c3cc(C)n(-c4ccc5ccccc5c4)c3C)S2)cc(C)c1Br. The second-order valence-corrected chi connectivity index (χ2v) is 10.4. The van der Waals surface area contributed by atoms with Crippen LogP contribution in [-0.4, -0.2) is 15.6 Å². The van der Waals surface area contributed by atoms with E-state index in [9.17, 15) is 4.79 Å². The first kappa shape index (κ1) is 22.7. The smallest absolute Gasteiger partial charge is 0.264 e. The van der Waals surface area contributed by atoms with Crippen molar-refractivity contribution in [3.05, 3.63) is 98.1 Å². The Morgan fingerprint density at radius 1 is 0.941 bits per heavy atom. The van der Waals surface area contributed by atoms with E-state index in [1.165, 1.54) is 22.5 Å². The average molecular weight is 530 g/mol. The molecule has 1 aromatic heterocycles. The van der Waals surface area contributed by atoms with Crippen molar-refractivity contribution in [1.82, 2.24) is 9.88 Å². The number of nitrogens with zero attached hydrogens (tertiary/aromatic N) is 2. The van der Waals surface area contributed by atoms with Gasteiger partial charge in [-0.2, -0.15) is 0 Å². The molecule has 0 bridgehead atoms. The van der Waals surface area contributed by atoms with Crippen molar-refractivity contribution in [2.24, 2.45) is 4.99 Å². The third-order valence-electron chi connectivity index (χ3n) is 6.05. The molecule has 4 aromatic rings. The van der Waals surface area contributed by atoms with Gasteiger partial charge in [0.15, 0.2) is 5.17 Å². The van der Waals surface area contributed by atoms with Crippen molar-refractivity contribution in [1.29, 1.82) is 0 Å². The number of thioether (sulfide) groups is 1. The number of amides is 1. The minimum Gasteiger partial charge on any atom is -0.318 e. The molecule has 170 valence electrons. The highest BCUT2D eigenvalue weighted by molar-refractivity contribution is 9.10. The Bertz CT molecular complexity index is 1510. The first-order valence-electron chi connectivity index (χ1n) is 11.0. The highest BCUT2D eigenvalue weighted by atomic mass is 79.9. The van der Waals surface area contributed by atoms with Gasteiger partial charge in [0.05, 0.1) is 10.6 Å². The number of carbonyl (C=O) groups is 1. The minimum absolute atomic E-state index is 0.121. The maximum absolute atomic E-state index is 12.7. The molecule has 1 aliphatic rings. The lowest BCUT2D eigenvalue weighted by atomic mass is 10.1. The summed E-state index contributed by atoms with van der Waals surface area (Å²) in [7, 11) is 0. The van der Waals surface area contributed by atoms with Crippen LogP contribution in [0.25, 0.3) is 22.5 Å². The molecule has 0 saturated carbocycles. The zero-order valence-corrected chi connectivity index (χ0v) is 21.8. The number of rotatable bonds is 3. The van der Waals surface area contributed by atoms with Crippen LogP contribution in [0.2, 0.25) is 0 Å². The van der Waals surface area contributed by atoms with E-state index in [4.69, 9.17) is 0 Å². The van der Waals surface area contributed by atoms with Gasteiger partial charge in [0.25, 0.3) is 5.91 Å². The molecule has 6 heteroatoms. The fraction of sp³-hybridized carbons (Fsp3) is 0.143. The van der Waals surface area contributed by atoms with Gasteiger partial charge < -0.3 is 9.88 Å². The summed E-state index contributed by atoms with van der Waals surface area (Å²) < 4.78 is 3.32. The molecule has 34 heavy (non-hydrogen) atoms. The van der Waals surface area contributed by atoms with Crippen molar-refractivity contribution < 1.29 is 4.79 Å². The molecular formula is C28H24BrN3OS.